The number of oxime groups is 1. The number of nitrogens with one attached hydrogen (secondary N) is 1. The first-order valence-electron chi connectivity index (χ1n) is 8.36. The topological polar surface area (TPSA) is 89.6 Å². The first-order chi connectivity index (χ1) is 12.9. The van der Waals surface area contributed by atoms with Crippen molar-refractivity contribution in [2.75, 3.05) is 13.2 Å². The summed E-state index contributed by atoms with van der Waals surface area (Å²) in [7, 11) is 0. The van der Waals surface area contributed by atoms with Crippen molar-refractivity contribution < 1.29 is 27.3 Å². The van der Waals surface area contributed by atoms with Gasteiger partial charge in [0.1, 0.15) is 6.61 Å². The smallest absolute Gasteiger partial charge is 0.396 e. The van der Waals surface area contributed by atoms with E-state index in [1.54, 1.807) is 0 Å². The summed E-state index contributed by atoms with van der Waals surface area (Å²) >= 11 is 0. The van der Waals surface area contributed by atoms with Gasteiger partial charge in [0.15, 0.2) is 0 Å². The summed E-state index contributed by atoms with van der Waals surface area (Å²) in [6.45, 7) is 2.89. The number of amides is 1. The number of hydrogen-bond acceptors (Lipinski definition) is 6. The molecule has 0 spiro atoms. The van der Waals surface area contributed by atoms with Crippen molar-refractivity contribution in [3.63, 3.8) is 0 Å². The lowest BCUT2D eigenvalue weighted by atomic mass is 10.1. The predicted octanol–water partition coefficient (Wildman–Crippen LogP) is 3.29. The molecular formula is C17H17F3N4O3. The summed E-state index contributed by atoms with van der Waals surface area (Å²) in [6, 6.07) is 5.92. The maximum Gasteiger partial charge on any atom is 0.471 e. The van der Waals surface area contributed by atoms with Crippen LogP contribution in [0.15, 0.2) is 33.9 Å². The van der Waals surface area contributed by atoms with E-state index < -0.39 is 12.1 Å². The second kappa shape index (κ2) is 7.77. The summed E-state index contributed by atoms with van der Waals surface area (Å²) < 4.78 is 41.7. The molecule has 10 heteroatoms. The van der Waals surface area contributed by atoms with Crippen molar-refractivity contribution in [1.29, 1.82) is 0 Å². The van der Waals surface area contributed by atoms with Gasteiger partial charge in [0.25, 0.3) is 5.91 Å². The Morgan fingerprint density at radius 1 is 1.37 bits per heavy atom. The molecular weight excluding hydrogens is 365 g/mol. The van der Waals surface area contributed by atoms with Crippen LogP contribution in [0.1, 0.15) is 36.0 Å². The van der Waals surface area contributed by atoms with E-state index in [1.165, 1.54) is 24.3 Å². The van der Waals surface area contributed by atoms with Crippen LogP contribution < -0.4 is 5.32 Å². The molecule has 0 aliphatic heterocycles. The molecule has 3 rings (SSSR count). The highest BCUT2D eigenvalue weighted by Gasteiger charge is 2.38. The lowest BCUT2D eigenvalue weighted by Gasteiger charge is -2.04. The van der Waals surface area contributed by atoms with E-state index in [9.17, 15) is 18.0 Å². The molecule has 1 aliphatic rings. The van der Waals surface area contributed by atoms with E-state index in [2.05, 4.69) is 25.1 Å². The molecule has 1 aliphatic carbocycles. The summed E-state index contributed by atoms with van der Waals surface area (Å²) in [5.74, 6) is -1.52. The summed E-state index contributed by atoms with van der Waals surface area (Å²) in [5, 5.41) is 10.1. The van der Waals surface area contributed by atoms with Gasteiger partial charge in [0, 0.05) is 23.6 Å². The van der Waals surface area contributed by atoms with Gasteiger partial charge < -0.3 is 14.7 Å². The van der Waals surface area contributed by atoms with Gasteiger partial charge in [-0.15, -0.1) is 0 Å². The lowest BCUT2D eigenvalue weighted by molar-refractivity contribution is -0.159. The molecule has 1 heterocycles. The number of aromatic nitrogens is 2. The van der Waals surface area contributed by atoms with Gasteiger partial charge >= 0.3 is 12.1 Å². The SMILES string of the molecule is CCO/N=C1\CC1CCNC(=O)c1ccc(-c2noc(C(F)(F)F)n2)cc1. The van der Waals surface area contributed by atoms with Gasteiger partial charge in [-0.3, -0.25) is 4.79 Å². The molecule has 0 bridgehead atoms. The van der Waals surface area contributed by atoms with Crippen LogP contribution in [0, 0.1) is 5.92 Å². The highest BCUT2D eigenvalue weighted by Crippen LogP contribution is 2.30. The van der Waals surface area contributed by atoms with E-state index in [-0.39, 0.29) is 11.7 Å². The summed E-state index contributed by atoms with van der Waals surface area (Å²) in [5.41, 5.74) is 1.71. The Morgan fingerprint density at radius 3 is 2.74 bits per heavy atom. The first kappa shape index (κ1) is 18.9. The van der Waals surface area contributed by atoms with Crippen LogP contribution in [0.5, 0.6) is 0 Å². The second-order valence-electron chi connectivity index (χ2n) is 5.94. The number of halogens is 3. The molecule has 144 valence electrons. The van der Waals surface area contributed by atoms with Gasteiger partial charge in [0.2, 0.25) is 5.82 Å². The Morgan fingerprint density at radius 2 is 2.11 bits per heavy atom. The third kappa shape index (κ3) is 4.83. The van der Waals surface area contributed by atoms with E-state index in [0.717, 1.165) is 18.6 Å². The van der Waals surface area contributed by atoms with Crippen LogP contribution in [-0.2, 0) is 11.0 Å². The first-order valence-corrected chi connectivity index (χ1v) is 8.36. The maximum absolute atomic E-state index is 12.5. The third-order valence-electron chi connectivity index (χ3n) is 3.93. The molecule has 27 heavy (non-hydrogen) atoms. The number of benzene rings is 1. The zero-order valence-corrected chi connectivity index (χ0v) is 14.4. The fourth-order valence-corrected chi connectivity index (χ4v) is 2.41. The van der Waals surface area contributed by atoms with Crippen molar-refractivity contribution in [3.05, 3.63) is 35.7 Å². The average Bonchev–Trinajstić information content (AvgIpc) is 3.17. The zero-order chi connectivity index (χ0) is 19.4. The Labute approximate surface area is 152 Å². The number of nitrogens with zero attached hydrogens (tertiary/aromatic N) is 3. The largest absolute Gasteiger partial charge is 0.471 e. The fraction of sp³-hybridized carbons (Fsp3) is 0.412. The summed E-state index contributed by atoms with van der Waals surface area (Å²) in [6.07, 6.45) is -3.03. The van der Waals surface area contributed by atoms with Gasteiger partial charge in [-0.05, 0) is 31.9 Å². The molecule has 0 radical (unpaired) electrons. The van der Waals surface area contributed by atoms with Gasteiger partial charge in [-0.1, -0.05) is 22.4 Å². The highest BCUT2D eigenvalue weighted by atomic mass is 19.4. The standard InChI is InChI=1S/C17H17F3N4O3/c1-2-26-23-13-9-12(13)7-8-21-15(25)11-5-3-10(4-6-11)14-22-16(27-24-14)17(18,19)20/h3-6,12H,2,7-9H2,1H3,(H,21,25)/b23-13+. The minimum absolute atomic E-state index is 0.191. The fourth-order valence-electron chi connectivity index (χ4n) is 2.41. The van der Waals surface area contributed by atoms with Crippen LogP contribution >= 0.6 is 0 Å². The van der Waals surface area contributed by atoms with Crippen LogP contribution in [0.25, 0.3) is 11.4 Å². The van der Waals surface area contributed by atoms with Crippen LogP contribution in [0.2, 0.25) is 0 Å². The molecule has 1 fully saturated rings. The van der Waals surface area contributed by atoms with Crippen molar-refractivity contribution in [2.45, 2.75) is 25.9 Å². The molecule has 0 saturated heterocycles. The van der Waals surface area contributed by atoms with Crippen molar-refractivity contribution >= 4 is 11.6 Å². The van der Waals surface area contributed by atoms with Gasteiger partial charge in [-0.2, -0.15) is 18.2 Å². The quantitative estimate of drug-likeness (QED) is 0.743. The number of carbonyl (C=O) groups is 1. The Hall–Kier alpha value is -2.91. The van der Waals surface area contributed by atoms with Crippen molar-refractivity contribution in [2.24, 2.45) is 11.1 Å². The average molecular weight is 382 g/mol. The number of hydrogen-bond donors (Lipinski definition) is 1. The van der Waals surface area contributed by atoms with Gasteiger partial charge in [0.05, 0.1) is 5.71 Å². The monoisotopic (exact) mass is 382 g/mol. The van der Waals surface area contributed by atoms with E-state index in [0.29, 0.717) is 30.2 Å². The van der Waals surface area contributed by atoms with Crippen LogP contribution in [0.4, 0.5) is 13.2 Å². The molecule has 1 atom stereocenters. The molecule has 7 nitrogen and oxygen atoms in total. The predicted molar refractivity (Wildman–Crippen MR) is 88.9 cm³/mol. The van der Waals surface area contributed by atoms with Crippen molar-refractivity contribution in [1.82, 2.24) is 15.5 Å². The molecule has 2 aromatic rings. The van der Waals surface area contributed by atoms with Gasteiger partial charge in [-0.25, -0.2) is 0 Å². The number of rotatable bonds is 7. The number of alkyl halides is 3. The van der Waals surface area contributed by atoms with Crippen molar-refractivity contribution in [3.8, 4) is 11.4 Å². The molecule has 1 amide bonds. The Kier molecular flexibility index (Phi) is 5.43. The number of carbonyl (C=O) groups excluding carboxylic acids is 1. The summed E-state index contributed by atoms with van der Waals surface area (Å²) in [4.78, 5) is 20.4. The minimum atomic E-state index is -4.69. The van der Waals surface area contributed by atoms with E-state index in [4.69, 9.17) is 4.84 Å². The second-order valence-corrected chi connectivity index (χ2v) is 5.94. The molecule has 1 saturated carbocycles. The third-order valence-corrected chi connectivity index (χ3v) is 3.93. The lowest BCUT2D eigenvalue weighted by Crippen LogP contribution is -2.24. The maximum atomic E-state index is 12.5. The molecule has 1 aromatic heterocycles. The molecule has 1 N–H and O–H groups in total. The van der Waals surface area contributed by atoms with E-state index in [1.807, 2.05) is 6.92 Å². The molecule has 1 unspecified atom stereocenters. The van der Waals surface area contributed by atoms with Crippen LogP contribution in [-0.4, -0.2) is 34.9 Å². The van der Waals surface area contributed by atoms with E-state index >= 15 is 0 Å². The highest BCUT2D eigenvalue weighted by molar-refractivity contribution is 6.00. The normalized spacial score (nSPS) is 17.8. The Balaban J connectivity index is 1.51. The zero-order valence-electron chi connectivity index (χ0n) is 14.4. The molecule has 1 aromatic carbocycles. The minimum Gasteiger partial charge on any atom is -0.396 e. The Bertz CT molecular complexity index is 831. The van der Waals surface area contributed by atoms with Crippen LogP contribution in [0.3, 0.4) is 0 Å².